The number of hydrogen-bond acceptors (Lipinski definition) is 8. The fraction of sp³-hybridized carbons (Fsp3) is 0.300. The first-order chi connectivity index (χ1) is 13.7. The number of Topliss-reactive ketones (excluding diaryl/α,β-unsaturated/α-hetero) is 1. The number of ketones is 1. The zero-order valence-electron chi connectivity index (χ0n) is 16.4. The van der Waals surface area contributed by atoms with Crippen LogP contribution in [0.15, 0.2) is 45.3 Å². The molecular formula is C20H22N4O3S2. The number of aromatic nitrogens is 2. The average molecular weight is 431 g/mol. The standard InChI is InChI=1S/C20H22N4O3S2/c1-20(2,3)15-9-22-16(27-15)11-28-17-10-23-19(29-17)24-18(26)14(25)8-12-6-4-5-7-13(12)21/h4-7,9-10H,8,11,21H2,1-3H3,(H,23,24,26). The average Bonchev–Trinajstić information content (AvgIpc) is 3.31. The lowest BCUT2D eigenvalue weighted by molar-refractivity contribution is -0.134. The Kier molecular flexibility index (Phi) is 6.39. The summed E-state index contributed by atoms with van der Waals surface area (Å²) in [5.74, 6) is 0.749. The molecule has 152 valence electrons. The van der Waals surface area contributed by atoms with E-state index in [4.69, 9.17) is 10.2 Å². The van der Waals surface area contributed by atoms with Crippen LogP contribution in [0.5, 0.6) is 0 Å². The Morgan fingerprint density at radius 1 is 1.21 bits per heavy atom. The summed E-state index contributed by atoms with van der Waals surface area (Å²) >= 11 is 2.80. The molecule has 0 unspecified atom stereocenters. The van der Waals surface area contributed by atoms with Gasteiger partial charge in [-0.3, -0.25) is 14.9 Å². The number of oxazole rings is 1. The molecule has 3 aromatic rings. The van der Waals surface area contributed by atoms with Crippen LogP contribution in [0.4, 0.5) is 10.8 Å². The van der Waals surface area contributed by atoms with Crippen LogP contribution in [0, 0.1) is 0 Å². The lowest BCUT2D eigenvalue weighted by Gasteiger charge is -2.12. The molecule has 0 spiro atoms. The third-order valence-electron chi connectivity index (χ3n) is 3.99. The maximum absolute atomic E-state index is 12.2. The predicted octanol–water partition coefficient (Wildman–Crippen LogP) is 4.05. The second kappa shape index (κ2) is 8.79. The van der Waals surface area contributed by atoms with Crippen LogP contribution < -0.4 is 11.1 Å². The molecule has 0 atom stereocenters. The fourth-order valence-electron chi connectivity index (χ4n) is 2.36. The minimum absolute atomic E-state index is 0.0498. The monoisotopic (exact) mass is 430 g/mol. The normalized spacial score (nSPS) is 11.4. The van der Waals surface area contributed by atoms with Crippen LogP contribution in [-0.4, -0.2) is 21.7 Å². The van der Waals surface area contributed by atoms with E-state index in [0.717, 1.165) is 9.97 Å². The van der Waals surface area contributed by atoms with E-state index >= 15 is 0 Å². The number of nitrogens with one attached hydrogen (secondary N) is 1. The number of carbonyl (C=O) groups is 2. The van der Waals surface area contributed by atoms with Crippen molar-refractivity contribution in [3.8, 4) is 0 Å². The lowest BCUT2D eigenvalue weighted by Crippen LogP contribution is -2.24. The number of rotatable bonds is 7. The van der Waals surface area contributed by atoms with Crippen molar-refractivity contribution in [2.24, 2.45) is 0 Å². The third-order valence-corrected chi connectivity index (χ3v) is 6.09. The number of para-hydroxylation sites is 1. The van der Waals surface area contributed by atoms with E-state index in [9.17, 15) is 9.59 Å². The van der Waals surface area contributed by atoms with Gasteiger partial charge in [-0.2, -0.15) is 0 Å². The van der Waals surface area contributed by atoms with E-state index in [2.05, 4.69) is 36.1 Å². The van der Waals surface area contributed by atoms with Gasteiger partial charge in [0.25, 0.3) is 5.91 Å². The Hall–Kier alpha value is -2.65. The molecule has 3 rings (SSSR count). The first-order valence-corrected chi connectivity index (χ1v) is 10.7. The molecule has 0 saturated heterocycles. The van der Waals surface area contributed by atoms with Crippen molar-refractivity contribution in [2.75, 3.05) is 11.1 Å². The number of nitrogen functional groups attached to an aromatic ring is 1. The first-order valence-electron chi connectivity index (χ1n) is 8.94. The smallest absolute Gasteiger partial charge is 0.293 e. The Balaban J connectivity index is 1.53. The van der Waals surface area contributed by atoms with E-state index in [0.29, 0.717) is 28.0 Å². The quantitative estimate of drug-likeness (QED) is 0.330. The van der Waals surface area contributed by atoms with Gasteiger partial charge in [-0.15, -0.1) is 11.8 Å². The number of amides is 1. The fourth-order valence-corrected chi connectivity index (χ4v) is 4.08. The molecule has 2 heterocycles. The van der Waals surface area contributed by atoms with Crippen molar-refractivity contribution >= 4 is 45.6 Å². The number of thioether (sulfide) groups is 1. The van der Waals surface area contributed by atoms with Crippen LogP contribution in [-0.2, 0) is 27.2 Å². The van der Waals surface area contributed by atoms with Gasteiger partial charge in [-0.05, 0) is 11.6 Å². The summed E-state index contributed by atoms with van der Waals surface area (Å²) < 4.78 is 6.65. The van der Waals surface area contributed by atoms with Gasteiger partial charge in [0.15, 0.2) is 5.13 Å². The van der Waals surface area contributed by atoms with E-state index in [1.807, 2.05) is 0 Å². The van der Waals surface area contributed by atoms with Crippen LogP contribution in [0.2, 0.25) is 0 Å². The minimum atomic E-state index is -0.707. The van der Waals surface area contributed by atoms with Gasteiger partial charge in [0, 0.05) is 17.5 Å². The van der Waals surface area contributed by atoms with E-state index in [1.54, 1.807) is 36.7 Å². The third kappa shape index (κ3) is 5.68. The van der Waals surface area contributed by atoms with E-state index < -0.39 is 11.7 Å². The SMILES string of the molecule is CC(C)(C)c1cnc(CSc2cnc(NC(=O)C(=O)Cc3ccccc3N)s2)o1. The molecule has 0 aliphatic heterocycles. The number of nitrogens with two attached hydrogens (primary N) is 1. The highest BCUT2D eigenvalue weighted by atomic mass is 32.2. The Morgan fingerprint density at radius 3 is 2.66 bits per heavy atom. The second-order valence-electron chi connectivity index (χ2n) is 7.39. The molecule has 1 aromatic carbocycles. The van der Waals surface area contributed by atoms with Crippen molar-refractivity contribution < 1.29 is 14.0 Å². The molecule has 1 amide bonds. The highest BCUT2D eigenvalue weighted by molar-refractivity contribution is 8.00. The molecule has 0 aliphatic rings. The zero-order chi connectivity index (χ0) is 21.0. The first kappa shape index (κ1) is 21.1. The number of anilines is 2. The predicted molar refractivity (Wildman–Crippen MR) is 115 cm³/mol. The van der Waals surface area contributed by atoms with Crippen molar-refractivity contribution in [1.82, 2.24) is 9.97 Å². The van der Waals surface area contributed by atoms with Crippen LogP contribution in [0.25, 0.3) is 0 Å². The second-order valence-corrected chi connectivity index (χ2v) is 9.70. The summed E-state index contributed by atoms with van der Waals surface area (Å²) in [4.78, 5) is 32.8. The Labute approximate surface area is 177 Å². The Bertz CT molecular complexity index is 1020. The highest BCUT2D eigenvalue weighted by Crippen LogP contribution is 2.31. The summed E-state index contributed by atoms with van der Waals surface area (Å²) in [5.41, 5.74) is 6.85. The van der Waals surface area contributed by atoms with E-state index in [-0.39, 0.29) is 11.8 Å². The van der Waals surface area contributed by atoms with Gasteiger partial charge in [-0.1, -0.05) is 50.3 Å². The molecule has 0 aliphatic carbocycles. The van der Waals surface area contributed by atoms with Gasteiger partial charge in [-0.25, -0.2) is 9.97 Å². The van der Waals surface area contributed by atoms with Crippen molar-refractivity contribution in [3.05, 3.63) is 53.9 Å². The molecule has 3 N–H and O–H groups in total. The molecule has 29 heavy (non-hydrogen) atoms. The van der Waals surface area contributed by atoms with Crippen molar-refractivity contribution in [2.45, 2.75) is 42.6 Å². The number of carbonyl (C=O) groups excluding carboxylic acids is 2. The van der Waals surface area contributed by atoms with E-state index in [1.165, 1.54) is 23.1 Å². The largest absolute Gasteiger partial charge is 0.444 e. The van der Waals surface area contributed by atoms with Gasteiger partial charge >= 0.3 is 0 Å². The summed E-state index contributed by atoms with van der Waals surface area (Å²) in [5, 5.41) is 2.92. The van der Waals surface area contributed by atoms with Crippen LogP contribution in [0.3, 0.4) is 0 Å². The van der Waals surface area contributed by atoms with Gasteiger partial charge in [0.05, 0.1) is 22.4 Å². The highest BCUT2D eigenvalue weighted by Gasteiger charge is 2.20. The summed E-state index contributed by atoms with van der Waals surface area (Å²) in [6.07, 6.45) is 3.35. The molecular weight excluding hydrogens is 408 g/mol. The molecule has 9 heteroatoms. The molecule has 2 aromatic heterocycles. The number of thiazole rings is 1. The van der Waals surface area contributed by atoms with Gasteiger partial charge in [0.2, 0.25) is 11.7 Å². The zero-order valence-corrected chi connectivity index (χ0v) is 18.0. The molecule has 0 saturated carbocycles. The maximum atomic E-state index is 12.2. The summed E-state index contributed by atoms with van der Waals surface area (Å²) in [6, 6.07) is 6.98. The minimum Gasteiger partial charge on any atom is -0.444 e. The Morgan fingerprint density at radius 2 is 1.97 bits per heavy atom. The molecule has 7 nitrogen and oxygen atoms in total. The van der Waals surface area contributed by atoms with Gasteiger partial charge in [0.1, 0.15) is 5.76 Å². The topological polar surface area (TPSA) is 111 Å². The molecule has 0 radical (unpaired) electrons. The van der Waals surface area contributed by atoms with Crippen LogP contribution >= 0.6 is 23.1 Å². The van der Waals surface area contributed by atoms with Gasteiger partial charge < -0.3 is 10.2 Å². The molecule has 0 bridgehead atoms. The maximum Gasteiger partial charge on any atom is 0.293 e. The number of nitrogens with zero attached hydrogens (tertiary/aromatic N) is 2. The number of benzene rings is 1. The van der Waals surface area contributed by atoms with Crippen LogP contribution in [0.1, 0.15) is 38.0 Å². The summed E-state index contributed by atoms with van der Waals surface area (Å²) in [6.45, 7) is 6.20. The number of hydrogen-bond donors (Lipinski definition) is 2. The van der Waals surface area contributed by atoms with Crippen molar-refractivity contribution in [3.63, 3.8) is 0 Å². The summed E-state index contributed by atoms with van der Waals surface area (Å²) in [7, 11) is 0. The molecule has 0 fully saturated rings. The lowest BCUT2D eigenvalue weighted by atomic mass is 9.94. The van der Waals surface area contributed by atoms with Crippen molar-refractivity contribution in [1.29, 1.82) is 0 Å².